The monoisotopic (exact) mass is 273 g/mol. The third-order valence-corrected chi connectivity index (χ3v) is 3.54. The number of nitrogens with one attached hydrogen (secondary N) is 1. The van der Waals surface area contributed by atoms with Crippen molar-refractivity contribution in [3.63, 3.8) is 0 Å². The molecule has 3 rings (SSSR count). The van der Waals surface area contributed by atoms with E-state index in [9.17, 15) is 4.79 Å². The lowest BCUT2D eigenvalue weighted by Gasteiger charge is -2.34. The summed E-state index contributed by atoms with van der Waals surface area (Å²) in [6.07, 6.45) is 0.386. The molecule has 0 amide bonds. The number of fused-ring (bicyclic) bond motifs is 1. The number of aromatic amines is 1. The number of H-pyrrole nitrogens is 1. The van der Waals surface area contributed by atoms with Gasteiger partial charge < -0.3 is 9.72 Å². The van der Waals surface area contributed by atoms with Gasteiger partial charge in [0.15, 0.2) is 0 Å². The van der Waals surface area contributed by atoms with Crippen LogP contribution in [-0.4, -0.2) is 40.2 Å². The van der Waals surface area contributed by atoms with Crippen LogP contribution in [0.3, 0.4) is 0 Å². The highest BCUT2D eigenvalue weighted by molar-refractivity contribution is 5.73. The van der Waals surface area contributed by atoms with Gasteiger partial charge in [0.2, 0.25) is 0 Å². The molecular formula is C15H19N3O2. The molecule has 0 bridgehead atoms. The minimum absolute atomic E-state index is 0.101. The first-order valence-electron chi connectivity index (χ1n) is 6.97. The summed E-state index contributed by atoms with van der Waals surface area (Å²) in [6.45, 7) is 6.34. The van der Waals surface area contributed by atoms with E-state index in [0.717, 1.165) is 24.1 Å². The van der Waals surface area contributed by atoms with E-state index in [2.05, 4.69) is 28.7 Å². The molecule has 2 aromatic rings. The Kier molecular flexibility index (Phi) is 3.54. The number of hydrogen-bond donors (Lipinski definition) is 1. The van der Waals surface area contributed by atoms with Crippen LogP contribution in [0.25, 0.3) is 11.0 Å². The Bertz CT molecular complexity index is 657. The molecule has 1 aliphatic heterocycles. The SMILES string of the molecule is CC1CN(Cc2nc3ccccc3[nH]c2=O)CC(C)O1. The van der Waals surface area contributed by atoms with Gasteiger partial charge in [-0.2, -0.15) is 0 Å². The second-order valence-electron chi connectivity index (χ2n) is 5.48. The van der Waals surface area contributed by atoms with Crippen LogP contribution in [0.2, 0.25) is 0 Å². The van der Waals surface area contributed by atoms with Gasteiger partial charge in [-0.25, -0.2) is 4.98 Å². The summed E-state index contributed by atoms with van der Waals surface area (Å²) in [5.41, 5.74) is 2.09. The molecule has 2 heterocycles. The Morgan fingerprint density at radius 2 is 2.00 bits per heavy atom. The molecule has 1 N–H and O–H groups in total. The fourth-order valence-corrected chi connectivity index (χ4v) is 2.80. The minimum atomic E-state index is -0.101. The Labute approximate surface area is 117 Å². The zero-order chi connectivity index (χ0) is 14.1. The summed E-state index contributed by atoms with van der Waals surface area (Å²) in [7, 11) is 0. The molecule has 5 heteroatoms. The maximum absolute atomic E-state index is 12.1. The van der Waals surface area contributed by atoms with Gasteiger partial charge in [0, 0.05) is 19.6 Å². The van der Waals surface area contributed by atoms with Crippen LogP contribution in [0.4, 0.5) is 0 Å². The van der Waals surface area contributed by atoms with E-state index in [1.807, 2.05) is 24.3 Å². The fraction of sp³-hybridized carbons (Fsp3) is 0.467. The summed E-state index contributed by atoms with van der Waals surface area (Å²) in [4.78, 5) is 21.7. The van der Waals surface area contributed by atoms with E-state index in [1.165, 1.54) is 0 Å². The van der Waals surface area contributed by atoms with Crippen LogP contribution >= 0.6 is 0 Å². The Morgan fingerprint density at radius 1 is 1.30 bits per heavy atom. The lowest BCUT2D eigenvalue weighted by atomic mass is 10.2. The third kappa shape index (κ3) is 2.73. The van der Waals surface area contributed by atoms with Crippen molar-refractivity contribution in [3.05, 3.63) is 40.3 Å². The van der Waals surface area contributed by atoms with Gasteiger partial charge in [0.05, 0.1) is 23.2 Å². The van der Waals surface area contributed by atoms with E-state index in [1.54, 1.807) is 0 Å². The number of benzene rings is 1. The fourth-order valence-electron chi connectivity index (χ4n) is 2.80. The van der Waals surface area contributed by atoms with Crippen molar-refractivity contribution in [2.75, 3.05) is 13.1 Å². The average molecular weight is 273 g/mol. The molecule has 106 valence electrons. The molecule has 1 aromatic heterocycles. The van der Waals surface area contributed by atoms with Crippen molar-refractivity contribution in [2.45, 2.75) is 32.6 Å². The molecule has 5 nitrogen and oxygen atoms in total. The second-order valence-corrected chi connectivity index (χ2v) is 5.48. The summed E-state index contributed by atoms with van der Waals surface area (Å²) in [6, 6.07) is 7.60. The maximum Gasteiger partial charge on any atom is 0.271 e. The lowest BCUT2D eigenvalue weighted by molar-refractivity contribution is -0.0708. The molecule has 20 heavy (non-hydrogen) atoms. The summed E-state index contributed by atoms with van der Waals surface area (Å²) < 4.78 is 5.71. The normalized spacial score (nSPS) is 24.1. The van der Waals surface area contributed by atoms with Crippen molar-refractivity contribution < 1.29 is 4.74 Å². The Morgan fingerprint density at radius 3 is 2.75 bits per heavy atom. The van der Waals surface area contributed by atoms with Gasteiger partial charge in [-0.15, -0.1) is 0 Å². The molecule has 2 unspecified atom stereocenters. The number of aromatic nitrogens is 2. The summed E-state index contributed by atoms with van der Waals surface area (Å²) >= 11 is 0. The first-order chi connectivity index (χ1) is 9.61. The second kappa shape index (κ2) is 5.34. The molecule has 1 aromatic carbocycles. The maximum atomic E-state index is 12.1. The zero-order valence-electron chi connectivity index (χ0n) is 11.8. The van der Waals surface area contributed by atoms with Crippen LogP contribution < -0.4 is 5.56 Å². The van der Waals surface area contributed by atoms with Gasteiger partial charge in [0.25, 0.3) is 5.56 Å². The molecule has 0 saturated carbocycles. The van der Waals surface area contributed by atoms with Gasteiger partial charge >= 0.3 is 0 Å². The minimum Gasteiger partial charge on any atom is -0.373 e. The predicted molar refractivity (Wildman–Crippen MR) is 77.6 cm³/mol. The first kappa shape index (κ1) is 13.3. The van der Waals surface area contributed by atoms with E-state index < -0.39 is 0 Å². The highest BCUT2D eigenvalue weighted by Gasteiger charge is 2.23. The molecule has 2 atom stereocenters. The molecule has 1 aliphatic rings. The van der Waals surface area contributed by atoms with Crippen molar-refractivity contribution in [1.82, 2.24) is 14.9 Å². The van der Waals surface area contributed by atoms with E-state index in [0.29, 0.717) is 12.2 Å². The molecule has 0 radical (unpaired) electrons. The largest absolute Gasteiger partial charge is 0.373 e. The van der Waals surface area contributed by atoms with E-state index in [-0.39, 0.29) is 17.8 Å². The van der Waals surface area contributed by atoms with Gasteiger partial charge in [-0.3, -0.25) is 9.69 Å². The molecule has 0 aliphatic carbocycles. The van der Waals surface area contributed by atoms with E-state index >= 15 is 0 Å². The number of morpholine rings is 1. The number of hydrogen-bond acceptors (Lipinski definition) is 4. The molecular weight excluding hydrogens is 254 g/mol. The summed E-state index contributed by atoms with van der Waals surface area (Å²) in [5.74, 6) is 0. The highest BCUT2D eigenvalue weighted by Crippen LogP contribution is 2.13. The van der Waals surface area contributed by atoms with Crippen molar-refractivity contribution in [1.29, 1.82) is 0 Å². The van der Waals surface area contributed by atoms with Crippen molar-refractivity contribution in [2.24, 2.45) is 0 Å². The number of rotatable bonds is 2. The molecule has 1 saturated heterocycles. The highest BCUT2D eigenvalue weighted by atomic mass is 16.5. The van der Waals surface area contributed by atoms with Crippen LogP contribution in [0.1, 0.15) is 19.5 Å². The van der Waals surface area contributed by atoms with Crippen LogP contribution in [-0.2, 0) is 11.3 Å². The number of nitrogens with zero attached hydrogens (tertiary/aromatic N) is 2. The van der Waals surface area contributed by atoms with Crippen LogP contribution in [0, 0.1) is 0 Å². The zero-order valence-corrected chi connectivity index (χ0v) is 11.8. The van der Waals surface area contributed by atoms with Crippen molar-refractivity contribution >= 4 is 11.0 Å². The predicted octanol–water partition coefficient (Wildman–Crippen LogP) is 1.53. The Balaban J connectivity index is 1.87. The topological polar surface area (TPSA) is 58.2 Å². The average Bonchev–Trinajstić information content (AvgIpc) is 2.38. The first-order valence-corrected chi connectivity index (χ1v) is 6.97. The Hall–Kier alpha value is -1.72. The molecule has 0 spiro atoms. The van der Waals surface area contributed by atoms with Gasteiger partial charge in [-0.1, -0.05) is 12.1 Å². The number of para-hydroxylation sites is 2. The quantitative estimate of drug-likeness (QED) is 0.901. The third-order valence-electron chi connectivity index (χ3n) is 3.54. The smallest absolute Gasteiger partial charge is 0.271 e. The molecule has 1 fully saturated rings. The van der Waals surface area contributed by atoms with Crippen LogP contribution in [0.15, 0.2) is 29.1 Å². The van der Waals surface area contributed by atoms with Crippen molar-refractivity contribution in [3.8, 4) is 0 Å². The number of ether oxygens (including phenoxy) is 1. The standard InChI is InChI=1S/C15H19N3O2/c1-10-7-18(8-11(2)20-10)9-14-15(19)17-13-6-4-3-5-12(13)16-14/h3-6,10-11H,7-9H2,1-2H3,(H,17,19). The lowest BCUT2D eigenvalue weighted by Crippen LogP contribution is -2.45. The van der Waals surface area contributed by atoms with Crippen LogP contribution in [0.5, 0.6) is 0 Å². The summed E-state index contributed by atoms with van der Waals surface area (Å²) in [5, 5.41) is 0. The van der Waals surface area contributed by atoms with Gasteiger partial charge in [0.1, 0.15) is 5.69 Å². The van der Waals surface area contributed by atoms with Gasteiger partial charge in [-0.05, 0) is 26.0 Å². The van der Waals surface area contributed by atoms with E-state index in [4.69, 9.17) is 4.74 Å².